The zero-order valence-electron chi connectivity index (χ0n) is 30.0. The molecule has 0 atom stereocenters. The Balaban J connectivity index is 1.28. The van der Waals surface area contributed by atoms with Crippen LogP contribution in [0.25, 0.3) is 0 Å². The summed E-state index contributed by atoms with van der Waals surface area (Å²) < 4.78 is 10.9. The van der Waals surface area contributed by atoms with Crippen molar-refractivity contribution in [2.24, 2.45) is 20.8 Å². The Morgan fingerprint density at radius 3 is 1.27 bits per heavy atom. The predicted molar refractivity (Wildman–Crippen MR) is 207 cm³/mol. The van der Waals surface area contributed by atoms with Gasteiger partial charge in [-0.2, -0.15) is 0 Å². The summed E-state index contributed by atoms with van der Waals surface area (Å²) in [4.78, 5) is 42.9. The van der Waals surface area contributed by atoms with E-state index in [1.165, 1.54) is 0 Å². The van der Waals surface area contributed by atoms with Gasteiger partial charge in [0.05, 0.1) is 70.6 Å². The fraction of sp³-hybridized carbons (Fsp3) is 0.182. The molecule has 4 aromatic carbocycles. The van der Waals surface area contributed by atoms with Crippen LogP contribution in [0, 0.1) is 10.8 Å². The standard InChI is InChI=1S/C44H38N4O4/c1-43(2)39-37(47(29-17-21-31(51-5)22-18-29)35-13-9-7-11-33(35)45-39)25-27(41(43)49)15-16-28-26-38-40(44(3,4)42(28)50)46-34-12-8-10-14-36(34)48(38)30-19-23-32(52-6)24-20-30/h7-26H,1-6H3/b27-15-,28-16+. The van der Waals surface area contributed by atoms with E-state index in [2.05, 4.69) is 9.80 Å². The van der Waals surface area contributed by atoms with Crippen LogP contribution in [0.15, 0.2) is 154 Å². The van der Waals surface area contributed by atoms with E-state index >= 15 is 0 Å². The summed E-state index contributed by atoms with van der Waals surface area (Å²) >= 11 is 0. The van der Waals surface area contributed by atoms with Crippen LogP contribution in [0.3, 0.4) is 0 Å². The third-order valence-electron chi connectivity index (χ3n) is 10.2. The first kappa shape index (κ1) is 32.9. The van der Waals surface area contributed by atoms with Gasteiger partial charge in [0.15, 0.2) is 11.6 Å². The number of ketones is 2. The number of anilines is 4. The lowest BCUT2D eigenvalue weighted by Gasteiger charge is -2.41. The van der Waals surface area contributed by atoms with Crippen molar-refractivity contribution in [1.29, 1.82) is 0 Å². The number of aliphatic imine (C=N–C) groups is 2. The number of carbonyl (C=O) groups is 2. The molecule has 0 unspecified atom stereocenters. The monoisotopic (exact) mass is 686 g/mol. The molecule has 0 aromatic heterocycles. The summed E-state index contributed by atoms with van der Waals surface area (Å²) in [6.07, 6.45) is 7.33. The molecule has 258 valence electrons. The lowest BCUT2D eigenvalue weighted by molar-refractivity contribution is -0.121. The number of methoxy groups -OCH3 is 2. The van der Waals surface area contributed by atoms with Crippen molar-refractivity contribution in [3.8, 4) is 11.5 Å². The number of nitrogens with zero attached hydrogens (tertiary/aromatic N) is 4. The van der Waals surface area contributed by atoms with Gasteiger partial charge < -0.3 is 19.3 Å². The molecule has 4 aromatic rings. The molecule has 0 bridgehead atoms. The largest absolute Gasteiger partial charge is 0.497 e. The molecule has 0 saturated heterocycles. The number of hydrogen-bond donors (Lipinski definition) is 0. The highest BCUT2D eigenvalue weighted by Crippen LogP contribution is 2.49. The van der Waals surface area contributed by atoms with Gasteiger partial charge in [-0.1, -0.05) is 36.4 Å². The summed E-state index contributed by atoms with van der Waals surface area (Å²) in [5.41, 5.74) is 7.25. The average Bonchev–Trinajstić information content (AvgIpc) is 3.16. The number of Topliss-reactive ketones (excluding diaryl/α,β-unsaturated/α-hetero) is 2. The molecule has 2 aliphatic heterocycles. The van der Waals surface area contributed by atoms with Gasteiger partial charge in [0.25, 0.3) is 0 Å². The van der Waals surface area contributed by atoms with Crippen LogP contribution in [0.2, 0.25) is 0 Å². The number of para-hydroxylation sites is 4. The Bertz CT molecular complexity index is 2190. The van der Waals surface area contributed by atoms with Crippen molar-refractivity contribution in [1.82, 2.24) is 0 Å². The lowest BCUT2D eigenvalue weighted by Crippen LogP contribution is -2.44. The highest BCUT2D eigenvalue weighted by atomic mass is 16.5. The van der Waals surface area contributed by atoms with Crippen LogP contribution in [0.5, 0.6) is 11.5 Å². The minimum absolute atomic E-state index is 0.0789. The van der Waals surface area contributed by atoms with Gasteiger partial charge in [-0.05, 0) is 113 Å². The number of ether oxygens (including phenoxy) is 2. The van der Waals surface area contributed by atoms with Gasteiger partial charge >= 0.3 is 0 Å². The molecule has 52 heavy (non-hydrogen) atoms. The molecular formula is C44H38N4O4. The van der Waals surface area contributed by atoms with Gasteiger partial charge in [-0.25, -0.2) is 9.98 Å². The molecule has 0 radical (unpaired) electrons. The Labute approximate surface area is 303 Å². The molecule has 0 spiro atoms. The highest BCUT2D eigenvalue weighted by Gasteiger charge is 2.46. The van der Waals surface area contributed by atoms with Crippen LogP contribution in [-0.2, 0) is 9.59 Å². The maximum atomic E-state index is 14.3. The Kier molecular flexibility index (Phi) is 7.72. The predicted octanol–water partition coefficient (Wildman–Crippen LogP) is 9.69. The molecule has 0 N–H and O–H groups in total. The smallest absolute Gasteiger partial charge is 0.174 e. The van der Waals surface area contributed by atoms with E-state index in [4.69, 9.17) is 19.5 Å². The fourth-order valence-corrected chi connectivity index (χ4v) is 7.32. The van der Waals surface area contributed by atoms with Gasteiger partial charge in [0, 0.05) is 22.5 Å². The minimum Gasteiger partial charge on any atom is -0.497 e. The van der Waals surface area contributed by atoms with Crippen LogP contribution >= 0.6 is 0 Å². The number of allylic oxidation sites excluding steroid dienone is 8. The van der Waals surface area contributed by atoms with Gasteiger partial charge in [-0.15, -0.1) is 0 Å². The molecule has 0 fully saturated rings. The molecule has 2 heterocycles. The molecule has 2 aliphatic carbocycles. The average molecular weight is 687 g/mol. The molecule has 8 heteroatoms. The van der Waals surface area contributed by atoms with Crippen molar-refractivity contribution in [3.63, 3.8) is 0 Å². The van der Waals surface area contributed by atoms with E-state index in [0.717, 1.165) is 57.0 Å². The van der Waals surface area contributed by atoms with Crippen molar-refractivity contribution in [2.45, 2.75) is 27.7 Å². The topological polar surface area (TPSA) is 83.8 Å². The number of fused-ring (bicyclic) bond motifs is 4. The summed E-state index contributed by atoms with van der Waals surface area (Å²) in [5, 5.41) is 0. The molecule has 8 nitrogen and oxygen atoms in total. The molecule has 0 amide bonds. The van der Waals surface area contributed by atoms with E-state index in [-0.39, 0.29) is 11.6 Å². The van der Waals surface area contributed by atoms with Crippen LogP contribution in [0.1, 0.15) is 27.7 Å². The quantitative estimate of drug-likeness (QED) is 0.195. The van der Waals surface area contributed by atoms with Crippen LogP contribution in [0.4, 0.5) is 34.1 Å². The fourth-order valence-electron chi connectivity index (χ4n) is 7.32. The Morgan fingerprint density at radius 2 is 0.904 bits per heavy atom. The van der Waals surface area contributed by atoms with Crippen LogP contribution < -0.4 is 19.3 Å². The van der Waals surface area contributed by atoms with Crippen molar-refractivity contribution in [2.75, 3.05) is 24.0 Å². The summed E-state index contributed by atoms with van der Waals surface area (Å²) in [6.45, 7) is 7.64. The normalized spacial score (nSPS) is 19.8. The first-order chi connectivity index (χ1) is 25.0. The first-order valence-corrected chi connectivity index (χ1v) is 17.2. The van der Waals surface area contributed by atoms with E-state index in [1.807, 2.05) is 137 Å². The maximum absolute atomic E-state index is 14.3. The first-order valence-electron chi connectivity index (χ1n) is 17.2. The van der Waals surface area contributed by atoms with E-state index in [9.17, 15) is 9.59 Å². The second kappa shape index (κ2) is 12.2. The van der Waals surface area contributed by atoms with Crippen LogP contribution in [-0.4, -0.2) is 37.2 Å². The number of carbonyl (C=O) groups excluding carboxylic acids is 2. The zero-order chi connectivity index (χ0) is 36.4. The van der Waals surface area contributed by atoms with Gasteiger partial charge in [0.2, 0.25) is 0 Å². The van der Waals surface area contributed by atoms with E-state index in [1.54, 1.807) is 26.4 Å². The maximum Gasteiger partial charge on any atom is 0.174 e. The van der Waals surface area contributed by atoms with Crippen molar-refractivity contribution in [3.05, 3.63) is 144 Å². The lowest BCUT2D eigenvalue weighted by atomic mass is 9.72. The van der Waals surface area contributed by atoms with E-state index in [0.29, 0.717) is 22.6 Å². The van der Waals surface area contributed by atoms with Crippen molar-refractivity contribution >= 4 is 57.1 Å². The third kappa shape index (κ3) is 5.13. The molecule has 4 aliphatic rings. The number of rotatable bonds is 5. The van der Waals surface area contributed by atoms with Crippen molar-refractivity contribution < 1.29 is 19.1 Å². The summed E-state index contributed by atoms with van der Waals surface area (Å²) in [6, 6.07) is 31.5. The van der Waals surface area contributed by atoms with E-state index < -0.39 is 10.8 Å². The second-order valence-electron chi connectivity index (χ2n) is 14.2. The Hall–Kier alpha value is -6.28. The summed E-state index contributed by atoms with van der Waals surface area (Å²) in [7, 11) is 3.29. The third-order valence-corrected chi connectivity index (χ3v) is 10.2. The molecular weight excluding hydrogens is 649 g/mol. The summed E-state index contributed by atoms with van der Waals surface area (Å²) in [5.74, 6) is 1.34. The zero-order valence-corrected chi connectivity index (χ0v) is 30.0. The molecule has 0 saturated carbocycles. The van der Waals surface area contributed by atoms with Gasteiger partial charge in [-0.3, -0.25) is 9.59 Å². The highest BCUT2D eigenvalue weighted by molar-refractivity contribution is 6.30. The van der Waals surface area contributed by atoms with Gasteiger partial charge in [0.1, 0.15) is 11.5 Å². The number of hydrogen-bond acceptors (Lipinski definition) is 8. The number of benzene rings is 4. The Morgan fingerprint density at radius 1 is 0.538 bits per heavy atom. The molecule has 8 rings (SSSR count). The second-order valence-corrected chi connectivity index (χ2v) is 14.2. The minimum atomic E-state index is -0.945. The SMILES string of the molecule is COc1ccc(N2C3=C/C(=C/C=C4\C=C5C(=Nc6ccccc6N5c5ccc(OC)cc5)C(C)(C)C4=O)C(=O)C(C)(C)C3=Nc3ccccc32)cc1.